The number of benzene rings is 2. The van der Waals surface area contributed by atoms with Crippen LogP contribution in [0.3, 0.4) is 0 Å². The number of fused-ring (bicyclic) bond motifs is 2. The minimum Gasteiger partial charge on any atom is -0.493 e. The van der Waals surface area contributed by atoms with Gasteiger partial charge in [-0.15, -0.1) is 0 Å². The van der Waals surface area contributed by atoms with Crippen LogP contribution in [-0.4, -0.2) is 20.8 Å². The van der Waals surface area contributed by atoms with E-state index in [0.717, 1.165) is 51.0 Å². The van der Waals surface area contributed by atoms with Gasteiger partial charge in [0.25, 0.3) is 0 Å². The lowest BCUT2D eigenvalue weighted by molar-refractivity contribution is 0.400. The van der Waals surface area contributed by atoms with Crippen LogP contribution in [-0.2, 0) is 26.1 Å². The van der Waals surface area contributed by atoms with Crippen LogP contribution < -0.4 is 11.0 Å². The molecule has 3 aromatic rings. The van der Waals surface area contributed by atoms with Gasteiger partial charge in [0.05, 0.1) is 5.69 Å². The summed E-state index contributed by atoms with van der Waals surface area (Å²) in [6.07, 6.45) is 3.61. The van der Waals surface area contributed by atoms with Gasteiger partial charge in [-0.1, -0.05) is 42.5 Å². The van der Waals surface area contributed by atoms with E-state index in [9.17, 15) is 9.90 Å². The Kier molecular flexibility index (Phi) is 4.80. The molecule has 0 unspecified atom stereocenters. The van der Waals surface area contributed by atoms with Crippen molar-refractivity contribution in [2.75, 3.05) is 6.54 Å². The summed E-state index contributed by atoms with van der Waals surface area (Å²) in [6.45, 7) is 3.06. The molecule has 2 N–H and O–H groups in total. The first-order valence-electron chi connectivity index (χ1n) is 9.44. The van der Waals surface area contributed by atoms with Crippen molar-refractivity contribution in [1.29, 1.82) is 0 Å². The van der Waals surface area contributed by atoms with Crippen LogP contribution in [0.25, 0.3) is 10.8 Å². The minimum atomic E-state index is -0.0567. The van der Waals surface area contributed by atoms with Crippen LogP contribution in [0.5, 0.6) is 5.88 Å². The number of hydrogen-bond acceptors (Lipinski definition) is 3. The summed E-state index contributed by atoms with van der Waals surface area (Å²) < 4.78 is 3.24. The largest absolute Gasteiger partial charge is 0.493 e. The summed E-state index contributed by atoms with van der Waals surface area (Å²) in [7, 11) is 0. The molecular weight excluding hydrogens is 326 g/mol. The van der Waals surface area contributed by atoms with Crippen LogP contribution in [0.15, 0.2) is 47.3 Å². The number of aromatic nitrogens is 2. The van der Waals surface area contributed by atoms with Crippen LogP contribution in [0, 0.1) is 0 Å². The summed E-state index contributed by atoms with van der Waals surface area (Å²) in [5.41, 5.74) is 2.06. The lowest BCUT2D eigenvalue weighted by Crippen LogP contribution is -2.24. The third-order valence-corrected chi connectivity index (χ3v) is 5.28. The lowest BCUT2D eigenvalue weighted by Gasteiger charge is -2.09. The highest BCUT2D eigenvalue weighted by Gasteiger charge is 2.22. The Morgan fingerprint density at radius 3 is 2.81 bits per heavy atom. The van der Waals surface area contributed by atoms with E-state index in [4.69, 9.17) is 0 Å². The van der Waals surface area contributed by atoms with Crippen LogP contribution in [0.2, 0.25) is 0 Å². The Balaban J connectivity index is 1.27. The Hall–Kier alpha value is -2.53. The first-order chi connectivity index (χ1) is 12.8. The van der Waals surface area contributed by atoms with Gasteiger partial charge in [-0.3, -0.25) is 9.13 Å². The van der Waals surface area contributed by atoms with Crippen molar-refractivity contribution in [3.63, 3.8) is 0 Å². The second-order valence-electron chi connectivity index (χ2n) is 6.98. The van der Waals surface area contributed by atoms with Crippen molar-refractivity contribution in [3.8, 4) is 5.88 Å². The van der Waals surface area contributed by atoms with E-state index in [2.05, 4.69) is 47.8 Å². The molecule has 136 valence electrons. The minimum absolute atomic E-state index is 0.0567. The predicted molar refractivity (Wildman–Crippen MR) is 104 cm³/mol. The van der Waals surface area contributed by atoms with Gasteiger partial charge in [-0.2, -0.15) is 0 Å². The van der Waals surface area contributed by atoms with Gasteiger partial charge in [0, 0.05) is 19.6 Å². The number of imidazole rings is 1. The zero-order valence-electron chi connectivity index (χ0n) is 14.9. The average Bonchev–Trinajstić information content (AvgIpc) is 3.23. The maximum Gasteiger partial charge on any atom is 0.331 e. The second-order valence-corrected chi connectivity index (χ2v) is 6.98. The molecule has 1 aliphatic heterocycles. The Bertz CT molecular complexity index is 966. The molecule has 1 aromatic heterocycles. The third-order valence-electron chi connectivity index (χ3n) is 5.28. The van der Waals surface area contributed by atoms with Gasteiger partial charge < -0.3 is 10.4 Å². The van der Waals surface area contributed by atoms with E-state index in [0.29, 0.717) is 6.54 Å². The van der Waals surface area contributed by atoms with E-state index in [1.54, 1.807) is 4.57 Å². The SMILES string of the molecule is O=c1n(CCCCNCc2cccc3ccccc23)c(O)c2n1CCC2. The van der Waals surface area contributed by atoms with E-state index < -0.39 is 0 Å². The van der Waals surface area contributed by atoms with Crippen molar-refractivity contribution in [2.45, 2.75) is 45.3 Å². The maximum atomic E-state index is 12.3. The highest BCUT2D eigenvalue weighted by molar-refractivity contribution is 5.85. The molecule has 4 rings (SSSR count). The molecule has 0 saturated carbocycles. The topological polar surface area (TPSA) is 59.2 Å². The van der Waals surface area contributed by atoms with Crippen molar-refractivity contribution >= 4 is 10.8 Å². The van der Waals surface area contributed by atoms with E-state index >= 15 is 0 Å². The Morgan fingerprint density at radius 1 is 1.08 bits per heavy atom. The molecule has 26 heavy (non-hydrogen) atoms. The summed E-state index contributed by atoms with van der Waals surface area (Å²) in [6, 6.07) is 14.8. The fourth-order valence-corrected chi connectivity index (χ4v) is 3.90. The summed E-state index contributed by atoms with van der Waals surface area (Å²) >= 11 is 0. The first kappa shape index (κ1) is 16.9. The summed E-state index contributed by atoms with van der Waals surface area (Å²) in [4.78, 5) is 12.3. The average molecular weight is 351 g/mol. The molecule has 0 fully saturated rings. The molecule has 5 nitrogen and oxygen atoms in total. The van der Waals surface area contributed by atoms with Gasteiger partial charge in [-0.25, -0.2) is 4.79 Å². The van der Waals surface area contributed by atoms with Gasteiger partial charge in [0.1, 0.15) is 0 Å². The van der Waals surface area contributed by atoms with Crippen LogP contribution in [0.4, 0.5) is 0 Å². The highest BCUT2D eigenvalue weighted by Crippen LogP contribution is 2.23. The molecule has 1 aliphatic rings. The number of aromatic hydroxyl groups is 1. The highest BCUT2D eigenvalue weighted by atomic mass is 16.3. The number of hydrogen-bond donors (Lipinski definition) is 2. The number of rotatable bonds is 7. The van der Waals surface area contributed by atoms with Gasteiger partial charge in [0.2, 0.25) is 5.88 Å². The van der Waals surface area contributed by atoms with Gasteiger partial charge in [0.15, 0.2) is 0 Å². The second kappa shape index (κ2) is 7.38. The van der Waals surface area contributed by atoms with Crippen molar-refractivity contribution in [2.24, 2.45) is 0 Å². The Morgan fingerprint density at radius 2 is 1.92 bits per heavy atom. The fourth-order valence-electron chi connectivity index (χ4n) is 3.90. The van der Waals surface area contributed by atoms with Crippen molar-refractivity contribution < 1.29 is 5.11 Å². The molecule has 5 heteroatoms. The molecule has 0 bridgehead atoms. The number of nitrogens with zero attached hydrogens (tertiary/aromatic N) is 2. The van der Waals surface area contributed by atoms with E-state index in [-0.39, 0.29) is 11.6 Å². The molecule has 0 amide bonds. The predicted octanol–water partition coefficient (Wildman–Crippen LogP) is 3.02. The van der Waals surface area contributed by atoms with Gasteiger partial charge in [-0.05, 0) is 48.6 Å². The maximum absolute atomic E-state index is 12.3. The van der Waals surface area contributed by atoms with Crippen LogP contribution >= 0.6 is 0 Å². The van der Waals surface area contributed by atoms with Crippen molar-refractivity contribution in [1.82, 2.24) is 14.5 Å². The fraction of sp³-hybridized carbons (Fsp3) is 0.381. The van der Waals surface area contributed by atoms with E-state index in [1.807, 2.05) is 0 Å². The Labute approximate surface area is 152 Å². The number of unbranched alkanes of at least 4 members (excludes halogenated alkanes) is 1. The molecule has 0 radical (unpaired) electrons. The summed E-state index contributed by atoms with van der Waals surface area (Å²) in [5.74, 6) is 0.177. The van der Waals surface area contributed by atoms with Crippen molar-refractivity contribution in [3.05, 3.63) is 64.2 Å². The molecular formula is C21H25N3O2. The van der Waals surface area contributed by atoms with Crippen LogP contribution in [0.1, 0.15) is 30.5 Å². The molecule has 2 heterocycles. The monoisotopic (exact) mass is 351 g/mol. The lowest BCUT2D eigenvalue weighted by atomic mass is 10.0. The smallest absolute Gasteiger partial charge is 0.331 e. The molecule has 0 spiro atoms. The quantitative estimate of drug-likeness (QED) is 0.643. The zero-order chi connectivity index (χ0) is 17.9. The molecule has 0 saturated heterocycles. The van der Waals surface area contributed by atoms with Gasteiger partial charge >= 0.3 is 5.69 Å². The normalized spacial score (nSPS) is 13.4. The molecule has 2 aromatic carbocycles. The van der Waals surface area contributed by atoms with E-state index in [1.165, 1.54) is 20.9 Å². The standard InChI is InChI=1S/C21H25N3O2/c25-20-19-11-6-14-23(19)21(26)24(20)13-4-3-12-22-15-17-9-5-8-16-7-1-2-10-18(16)17/h1-2,5,7-10,22,25H,3-4,6,11-15H2. The molecule has 0 aliphatic carbocycles. The first-order valence-corrected chi connectivity index (χ1v) is 9.44. The third kappa shape index (κ3) is 3.15. The zero-order valence-corrected chi connectivity index (χ0v) is 14.9. The summed E-state index contributed by atoms with van der Waals surface area (Å²) in [5, 5.41) is 16.3. The number of nitrogens with one attached hydrogen (secondary N) is 1. The molecule has 0 atom stereocenters.